The molecular weight excluding hydrogens is 285 g/mol. The summed E-state index contributed by atoms with van der Waals surface area (Å²) in [6.45, 7) is 0. The molecule has 0 aliphatic rings. The Labute approximate surface area is 110 Å². The van der Waals surface area contributed by atoms with E-state index in [2.05, 4.69) is 14.7 Å². The topological polar surface area (TPSA) is 56.0 Å². The van der Waals surface area contributed by atoms with Crippen LogP contribution in [0.3, 0.4) is 0 Å². The van der Waals surface area contributed by atoms with Gasteiger partial charge in [-0.25, -0.2) is 0 Å². The molecule has 0 bridgehead atoms. The summed E-state index contributed by atoms with van der Waals surface area (Å²) < 4.78 is 40.8. The lowest BCUT2D eigenvalue weighted by atomic mass is 10.2. The number of rotatable bonds is 3. The van der Waals surface area contributed by atoms with Crippen LogP contribution in [0.4, 0.5) is 13.2 Å². The van der Waals surface area contributed by atoms with E-state index in [4.69, 9.17) is 11.6 Å². The standard InChI is InChI=1S/C11H6ClF3N2O2/c12-7-3-1-2-6(4-7)10-16-9(19-17-10)5-8(18)11(13,14)15/h1-4H,5H2. The Morgan fingerprint density at radius 1 is 1.37 bits per heavy atom. The molecule has 19 heavy (non-hydrogen) atoms. The van der Waals surface area contributed by atoms with Crippen LogP contribution in [0.1, 0.15) is 5.89 Å². The minimum Gasteiger partial charge on any atom is -0.338 e. The van der Waals surface area contributed by atoms with Gasteiger partial charge in [-0.05, 0) is 12.1 Å². The smallest absolute Gasteiger partial charge is 0.338 e. The number of nitrogens with zero attached hydrogens (tertiary/aromatic N) is 2. The third kappa shape index (κ3) is 3.31. The molecule has 1 aromatic heterocycles. The van der Waals surface area contributed by atoms with Crippen LogP contribution in [0, 0.1) is 0 Å². The van der Waals surface area contributed by atoms with Crippen molar-refractivity contribution in [3.05, 3.63) is 35.2 Å². The van der Waals surface area contributed by atoms with Gasteiger partial charge in [0, 0.05) is 10.6 Å². The average molecular weight is 291 g/mol. The molecule has 0 atom stereocenters. The largest absolute Gasteiger partial charge is 0.450 e. The van der Waals surface area contributed by atoms with Gasteiger partial charge in [-0.1, -0.05) is 28.9 Å². The number of alkyl halides is 3. The Morgan fingerprint density at radius 2 is 2.11 bits per heavy atom. The Balaban J connectivity index is 2.18. The van der Waals surface area contributed by atoms with Gasteiger partial charge in [0.2, 0.25) is 17.5 Å². The molecule has 0 saturated carbocycles. The third-order valence-electron chi connectivity index (χ3n) is 2.18. The number of carbonyl (C=O) groups excluding carboxylic acids is 1. The predicted octanol–water partition coefficient (Wildman–Crippen LogP) is 3.06. The number of halogens is 4. The molecule has 2 aromatic rings. The number of hydrogen-bond donors (Lipinski definition) is 0. The van der Waals surface area contributed by atoms with Gasteiger partial charge in [0.05, 0.1) is 6.42 Å². The molecule has 2 rings (SSSR count). The molecule has 0 aliphatic heterocycles. The van der Waals surface area contributed by atoms with Gasteiger partial charge in [-0.15, -0.1) is 0 Å². The van der Waals surface area contributed by atoms with Gasteiger partial charge in [0.15, 0.2) is 0 Å². The molecular formula is C11H6ClF3N2O2. The highest BCUT2D eigenvalue weighted by Crippen LogP contribution is 2.22. The molecule has 100 valence electrons. The van der Waals surface area contributed by atoms with Gasteiger partial charge in [0.1, 0.15) is 0 Å². The van der Waals surface area contributed by atoms with E-state index in [0.717, 1.165) is 0 Å². The number of carbonyl (C=O) groups is 1. The Kier molecular flexibility index (Phi) is 3.57. The van der Waals surface area contributed by atoms with Crippen molar-refractivity contribution in [2.45, 2.75) is 12.6 Å². The van der Waals surface area contributed by atoms with Crippen molar-refractivity contribution in [3.63, 3.8) is 0 Å². The van der Waals surface area contributed by atoms with Gasteiger partial charge in [-0.2, -0.15) is 18.2 Å². The maximum Gasteiger partial charge on any atom is 0.450 e. The summed E-state index contributed by atoms with van der Waals surface area (Å²) in [5.74, 6) is -2.25. The fourth-order valence-corrected chi connectivity index (χ4v) is 1.50. The summed E-state index contributed by atoms with van der Waals surface area (Å²) in [6.07, 6.45) is -5.89. The second kappa shape index (κ2) is 5.00. The van der Waals surface area contributed by atoms with Gasteiger partial charge in [-0.3, -0.25) is 4.79 Å². The highest BCUT2D eigenvalue weighted by molar-refractivity contribution is 6.30. The summed E-state index contributed by atoms with van der Waals surface area (Å²) in [4.78, 5) is 14.5. The maximum absolute atomic E-state index is 12.1. The van der Waals surface area contributed by atoms with E-state index < -0.39 is 24.3 Å². The molecule has 1 aromatic carbocycles. The zero-order valence-corrected chi connectivity index (χ0v) is 10.00. The van der Waals surface area contributed by atoms with Crippen molar-refractivity contribution in [2.75, 3.05) is 0 Å². The predicted molar refractivity (Wildman–Crippen MR) is 59.5 cm³/mol. The first kappa shape index (κ1) is 13.5. The molecule has 1 heterocycles. The van der Waals surface area contributed by atoms with Crippen LogP contribution < -0.4 is 0 Å². The lowest BCUT2D eigenvalue weighted by Gasteiger charge is -2.00. The fraction of sp³-hybridized carbons (Fsp3) is 0.182. The minimum atomic E-state index is -4.91. The molecule has 0 fully saturated rings. The van der Waals surface area contributed by atoms with Gasteiger partial charge < -0.3 is 4.52 Å². The minimum absolute atomic E-state index is 0.0764. The highest BCUT2D eigenvalue weighted by Gasteiger charge is 2.39. The van der Waals surface area contributed by atoms with Crippen molar-refractivity contribution in [2.24, 2.45) is 0 Å². The number of Topliss-reactive ketones (excluding diaryl/α,β-unsaturated/α-hetero) is 1. The van der Waals surface area contributed by atoms with Crippen molar-refractivity contribution in [3.8, 4) is 11.4 Å². The molecule has 0 amide bonds. The zero-order chi connectivity index (χ0) is 14.0. The Bertz CT molecular complexity index is 610. The monoisotopic (exact) mass is 290 g/mol. The van der Waals surface area contributed by atoms with Crippen molar-refractivity contribution < 1.29 is 22.5 Å². The number of aromatic nitrogens is 2. The van der Waals surface area contributed by atoms with Crippen LogP contribution in [0.25, 0.3) is 11.4 Å². The number of hydrogen-bond acceptors (Lipinski definition) is 4. The van der Waals surface area contributed by atoms with E-state index >= 15 is 0 Å². The Morgan fingerprint density at radius 3 is 2.74 bits per heavy atom. The summed E-state index contributed by atoms with van der Waals surface area (Å²) in [5.41, 5.74) is 0.488. The normalized spacial score (nSPS) is 11.6. The third-order valence-corrected chi connectivity index (χ3v) is 2.41. The van der Waals surface area contributed by atoms with E-state index in [-0.39, 0.29) is 5.82 Å². The summed E-state index contributed by atoms with van der Waals surface area (Å²) in [7, 11) is 0. The second-order valence-electron chi connectivity index (χ2n) is 3.62. The van der Waals surface area contributed by atoms with Crippen LogP contribution in [0.2, 0.25) is 5.02 Å². The van der Waals surface area contributed by atoms with Crippen LogP contribution >= 0.6 is 11.6 Å². The fourth-order valence-electron chi connectivity index (χ4n) is 1.31. The first-order valence-electron chi connectivity index (χ1n) is 5.05. The molecule has 0 unspecified atom stereocenters. The highest BCUT2D eigenvalue weighted by atomic mass is 35.5. The average Bonchev–Trinajstić information content (AvgIpc) is 2.76. The molecule has 8 heteroatoms. The van der Waals surface area contributed by atoms with Crippen LogP contribution in [-0.2, 0) is 11.2 Å². The molecule has 0 saturated heterocycles. The van der Waals surface area contributed by atoms with Crippen molar-refractivity contribution in [1.82, 2.24) is 10.1 Å². The second-order valence-corrected chi connectivity index (χ2v) is 4.06. The summed E-state index contributed by atoms with van der Waals surface area (Å²) in [6, 6.07) is 6.40. The first-order chi connectivity index (χ1) is 8.86. The molecule has 0 spiro atoms. The summed E-state index contributed by atoms with van der Waals surface area (Å²) >= 11 is 5.76. The van der Waals surface area contributed by atoms with Crippen LogP contribution in [0.5, 0.6) is 0 Å². The molecule has 0 aliphatic carbocycles. The maximum atomic E-state index is 12.1. The lowest BCUT2D eigenvalue weighted by molar-refractivity contribution is -0.170. The van der Waals surface area contributed by atoms with Crippen LogP contribution in [0.15, 0.2) is 28.8 Å². The van der Waals surface area contributed by atoms with E-state index in [9.17, 15) is 18.0 Å². The van der Waals surface area contributed by atoms with E-state index in [1.165, 1.54) is 6.07 Å². The zero-order valence-electron chi connectivity index (χ0n) is 9.24. The van der Waals surface area contributed by atoms with Gasteiger partial charge >= 0.3 is 6.18 Å². The van der Waals surface area contributed by atoms with Crippen molar-refractivity contribution in [1.29, 1.82) is 0 Å². The van der Waals surface area contributed by atoms with E-state index in [0.29, 0.717) is 10.6 Å². The molecule has 0 radical (unpaired) electrons. The SMILES string of the molecule is O=C(Cc1nc(-c2cccc(Cl)c2)no1)C(F)(F)F. The van der Waals surface area contributed by atoms with E-state index in [1.807, 2.05) is 0 Å². The van der Waals surface area contributed by atoms with Crippen molar-refractivity contribution >= 4 is 17.4 Å². The quantitative estimate of drug-likeness (QED) is 0.872. The van der Waals surface area contributed by atoms with Crippen LogP contribution in [-0.4, -0.2) is 22.1 Å². The summed E-state index contributed by atoms with van der Waals surface area (Å²) in [5, 5.41) is 3.92. The lowest BCUT2D eigenvalue weighted by Crippen LogP contribution is -2.24. The molecule has 4 nitrogen and oxygen atoms in total. The first-order valence-corrected chi connectivity index (χ1v) is 5.42. The Hall–Kier alpha value is -1.89. The van der Waals surface area contributed by atoms with E-state index in [1.54, 1.807) is 18.2 Å². The number of benzene rings is 1. The molecule has 0 N–H and O–H groups in total. The van der Waals surface area contributed by atoms with Gasteiger partial charge in [0.25, 0.3) is 0 Å². The number of ketones is 1.